The summed E-state index contributed by atoms with van der Waals surface area (Å²) in [6.07, 6.45) is 3.32. The molecule has 2 aromatic rings. The largest absolute Gasteiger partial charge is 0.443 e. The minimum atomic E-state index is -0.812. The fourth-order valence-electron chi connectivity index (χ4n) is 2.00. The van der Waals surface area contributed by atoms with Crippen molar-refractivity contribution in [2.75, 3.05) is 4.90 Å². The van der Waals surface area contributed by atoms with Gasteiger partial charge in [-0.1, -0.05) is 0 Å². The zero-order valence-corrected chi connectivity index (χ0v) is 16.7. The number of carbonyl (C=O) groups excluding carboxylic acids is 2. The number of imidazole rings is 1. The van der Waals surface area contributed by atoms with Crippen LogP contribution < -0.4 is 4.90 Å². The van der Waals surface area contributed by atoms with E-state index in [4.69, 9.17) is 9.47 Å². The van der Waals surface area contributed by atoms with E-state index in [0.717, 1.165) is 4.90 Å². The first-order valence-electron chi connectivity index (χ1n) is 7.76. The number of carbonyl (C=O) groups is 2. The van der Waals surface area contributed by atoms with E-state index in [-0.39, 0.29) is 0 Å². The Balaban J connectivity index is 2.48. The van der Waals surface area contributed by atoms with Gasteiger partial charge in [-0.25, -0.2) is 14.6 Å². The average molecular weight is 412 g/mol. The van der Waals surface area contributed by atoms with Gasteiger partial charge in [-0.15, -0.1) is 0 Å². The third-order valence-electron chi connectivity index (χ3n) is 2.84. The Bertz CT molecular complexity index is 774. The molecular weight excluding hydrogens is 390 g/mol. The van der Waals surface area contributed by atoms with Crippen LogP contribution in [-0.2, 0) is 9.47 Å². The predicted octanol–water partition coefficient (Wildman–Crippen LogP) is 4.77. The molecule has 2 amide bonds. The number of pyridine rings is 1. The molecule has 0 radical (unpaired) electrons. The lowest BCUT2D eigenvalue weighted by atomic mass is 10.2. The highest BCUT2D eigenvalue weighted by Gasteiger charge is 2.33. The molecule has 136 valence electrons. The molecule has 0 unspecified atom stereocenters. The van der Waals surface area contributed by atoms with Gasteiger partial charge in [0.05, 0.1) is 10.2 Å². The van der Waals surface area contributed by atoms with Gasteiger partial charge in [0, 0.05) is 18.6 Å². The number of fused-ring (bicyclic) bond motifs is 1. The Labute approximate surface area is 155 Å². The molecule has 0 aromatic carbocycles. The molecule has 0 bridgehead atoms. The second kappa shape index (κ2) is 6.67. The fraction of sp³-hybridized carbons (Fsp3) is 0.471. The molecule has 0 aliphatic carbocycles. The molecule has 0 atom stereocenters. The third-order valence-corrected chi connectivity index (χ3v) is 3.42. The van der Waals surface area contributed by atoms with Gasteiger partial charge in [0.15, 0.2) is 5.65 Å². The molecule has 0 saturated heterocycles. The standard InChI is InChI=1S/C17H22BrN3O4/c1-16(2,3)24-14(22)21(15(23)25-17(4,5)6)11-9-12(18)13-19-7-8-20(13)10-11/h7-10H,1-6H3. The molecule has 8 heteroatoms. The zero-order chi connectivity index (χ0) is 19.0. The Morgan fingerprint density at radius 2 is 1.60 bits per heavy atom. The minimum absolute atomic E-state index is 0.306. The van der Waals surface area contributed by atoms with Crippen LogP contribution in [0.3, 0.4) is 0 Å². The summed E-state index contributed by atoms with van der Waals surface area (Å²) in [7, 11) is 0. The van der Waals surface area contributed by atoms with Gasteiger partial charge < -0.3 is 13.9 Å². The molecule has 0 N–H and O–H groups in total. The lowest BCUT2D eigenvalue weighted by Gasteiger charge is -2.28. The molecule has 2 aromatic heterocycles. The van der Waals surface area contributed by atoms with Gasteiger partial charge in [-0.05, 0) is 63.5 Å². The number of hydrogen-bond donors (Lipinski definition) is 0. The maximum absolute atomic E-state index is 12.6. The lowest BCUT2D eigenvalue weighted by Crippen LogP contribution is -2.43. The maximum Gasteiger partial charge on any atom is 0.424 e. The van der Waals surface area contributed by atoms with Crippen molar-refractivity contribution in [2.45, 2.75) is 52.7 Å². The zero-order valence-electron chi connectivity index (χ0n) is 15.2. The number of imide groups is 1. The normalized spacial score (nSPS) is 12.1. The van der Waals surface area contributed by atoms with Gasteiger partial charge in [0.25, 0.3) is 0 Å². The molecule has 0 aliphatic rings. The third kappa shape index (κ3) is 4.94. The topological polar surface area (TPSA) is 73.1 Å². The lowest BCUT2D eigenvalue weighted by molar-refractivity contribution is 0.0430. The Kier molecular flexibility index (Phi) is 5.13. The number of hydrogen-bond acceptors (Lipinski definition) is 5. The van der Waals surface area contributed by atoms with E-state index in [9.17, 15) is 9.59 Å². The van der Waals surface area contributed by atoms with E-state index in [1.165, 1.54) is 0 Å². The van der Waals surface area contributed by atoms with Crippen LogP contribution in [0.25, 0.3) is 5.65 Å². The van der Waals surface area contributed by atoms with Crippen LogP contribution in [0.5, 0.6) is 0 Å². The quantitative estimate of drug-likeness (QED) is 0.675. The summed E-state index contributed by atoms with van der Waals surface area (Å²) in [4.78, 5) is 30.3. The number of nitrogens with zero attached hydrogens (tertiary/aromatic N) is 3. The Morgan fingerprint density at radius 1 is 1.08 bits per heavy atom. The van der Waals surface area contributed by atoms with Crippen molar-refractivity contribution in [3.8, 4) is 0 Å². The van der Waals surface area contributed by atoms with E-state index in [0.29, 0.717) is 15.8 Å². The number of halogens is 1. The smallest absolute Gasteiger partial charge is 0.424 e. The van der Waals surface area contributed by atoms with Gasteiger partial charge >= 0.3 is 12.2 Å². The first kappa shape index (κ1) is 19.2. The molecule has 2 heterocycles. The predicted molar refractivity (Wildman–Crippen MR) is 97.8 cm³/mol. The van der Waals surface area contributed by atoms with Crippen molar-refractivity contribution >= 4 is 39.5 Å². The Hall–Kier alpha value is -2.09. The first-order chi connectivity index (χ1) is 11.4. The number of amides is 2. The summed E-state index contributed by atoms with van der Waals surface area (Å²) < 4.78 is 13.1. The second-order valence-electron chi connectivity index (χ2n) is 7.50. The van der Waals surface area contributed by atoms with E-state index in [2.05, 4.69) is 20.9 Å². The van der Waals surface area contributed by atoms with Crippen LogP contribution in [0.1, 0.15) is 41.5 Å². The molecule has 2 rings (SSSR count). The van der Waals surface area contributed by atoms with Crippen LogP contribution in [0.2, 0.25) is 0 Å². The summed E-state index contributed by atoms with van der Waals surface area (Å²) in [5.74, 6) is 0. The number of ether oxygens (including phenoxy) is 2. The first-order valence-corrected chi connectivity index (χ1v) is 8.55. The highest BCUT2D eigenvalue weighted by atomic mass is 79.9. The molecule has 0 fully saturated rings. The minimum Gasteiger partial charge on any atom is -0.443 e. The van der Waals surface area contributed by atoms with E-state index >= 15 is 0 Å². The summed E-state index contributed by atoms with van der Waals surface area (Å²) >= 11 is 3.40. The summed E-state index contributed by atoms with van der Waals surface area (Å²) in [5.41, 5.74) is -0.542. The molecule has 25 heavy (non-hydrogen) atoms. The molecule has 0 saturated carbocycles. The number of anilines is 1. The van der Waals surface area contributed by atoms with Gasteiger partial charge in [0.2, 0.25) is 0 Å². The van der Waals surface area contributed by atoms with Crippen molar-refractivity contribution in [1.82, 2.24) is 9.38 Å². The van der Waals surface area contributed by atoms with E-state index in [1.54, 1.807) is 70.6 Å². The van der Waals surface area contributed by atoms with E-state index < -0.39 is 23.4 Å². The highest BCUT2D eigenvalue weighted by Crippen LogP contribution is 2.27. The van der Waals surface area contributed by atoms with Crippen molar-refractivity contribution in [2.24, 2.45) is 0 Å². The molecule has 7 nitrogen and oxygen atoms in total. The van der Waals surface area contributed by atoms with Crippen molar-refractivity contribution < 1.29 is 19.1 Å². The maximum atomic E-state index is 12.6. The summed E-state index contributed by atoms with van der Waals surface area (Å²) in [6.45, 7) is 10.4. The van der Waals surface area contributed by atoms with Crippen molar-refractivity contribution in [3.63, 3.8) is 0 Å². The van der Waals surface area contributed by atoms with Crippen LogP contribution in [0, 0.1) is 0 Å². The van der Waals surface area contributed by atoms with E-state index in [1.807, 2.05) is 0 Å². The fourth-order valence-corrected chi connectivity index (χ4v) is 2.54. The van der Waals surface area contributed by atoms with Crippen LogP contribution in [-0.4, -0.2) is 32.8 Å². The average Bonchev–Trinajstić information content (AvgIpc) is 2.82. The van der Waals surface area contributed by atoms with Crippen molar-refractivity contribution in [3.05, 3.63) is 29.1 Å². The van der Waals surface area contributed by atoms with Crippen LogP contribution >= 0.6 is 15.9 Å². The van der Waals surface area contributed by atoms with Gasteiger partial charge in [0.1, 0.15) is 11.2 Å². The summed E-state index contributed by atoms with van der Waals surface area (Å²) in [6, 6.07) is 1.62. The highest BCUT2D eigenvalue weighted by molar-refractivity contribution is 9.10. The van der Waals surface area contributed by atoms with Crippen molar-refractivity contribution in [1.29, 1.82) is 0 Å². The van der Waals surface area contributed by atoms with Crippen LogP contribution in [0.15, 0.2) is 29.1 Å². The summed E-state index contributed by atoms with van der Waals surface area (Å²) in [5, 5.41) is 0. The van der Waals surface area contributed by atoms with Gasteiger partial charge in [-0.3, -0.25) is 0 Å². The Morgan fingerprint density at radius 3 is 2.08 bits per heavy atom. The number of rotatable bonds is 1. The van der Waals surface area contributed by atoms with Gasteiger partial charge in [-0.2, -0.15) is 4.90 Å². The molecule has 0 aliphatic heterocycles. The second-order valence-corrected chi connectivity index (χ2v) is 8.35. The van der Waals surface area contributed by atoms with Crippen LogP contribution in [0.4, 0.5) is 15.3 Å². The number of aromatic nitrogens is 2. The molecule has 0 spiro atoms. The molecular formula is C17H22BrN3O4. The monoisotopic (exact) mass is 411 g/mol. The SMILES string of the molecule is CC(C)(C)OC(=O)N(C(=O)OC(C)(C)C)c1cc(Br)c2nccn2c1.